The van der Waals surface area contributed by atoms with Crippen molar-refractivity contribution in [3.8, 4) is 0 Å². The van der Waals surface area contributed by atoms with Crippen molar-refractivity contribution in [3.63, 3.8) is 0 Å². The Hall–Kier alpha value is -0.913. The van der Waals surface area contributed by atoms with Gasteiger partial charge in [0, 0.05) is 10.9 Å². The lowest BCUT2D eigenvalue weighted by atomic mass is 10.2. The molecule has 5 heteroatoms. The predicted molar refractivity (Wildman–Crippen MR) is 83.6 cm³/mol. The Morgan fingerprint density at radius 1 is 1.21 bits per heavy atom. The molecular formula is C14H21NO2SSi. The van der Waals surface area contributed by atoms with Crippen LogP contribution < -0.4 is 0 Å². The Labute approximate surface area is 118 Å². The largest absolute Gasteiger partial charge is 0.374 e. The second-order valence-corrected chi connectivity index (χ2v) is 12.5. The molecule has 1 atom stereocenters. The highest BCUT2D eigenvalue weighted by Crippen LogP contribution is 2.39. The first-order valence-corrected chi connectivity index (χ1v) is 10.4. The van der Waals surface area contributed by atoms with Gasteiger partial charge in [-0.3, -0.25) is 0 Å². The van der Waals surface area contributed by atoms with E-state index in [4.69, 9.17) is 0 Å². The maximum atomic E-state index is 11.4. The molecule has 1 aromatic heterocycles. The van der Waals surface area contributed by atoms with Crippen LogP contribution in [0.3, 0.4) is 0 Å². The van der Waals surface area contributed by atoms with Crippen molar-refractivity contribution in [2.75, 3.05) is 0 Å². The molecule has 0 spiro atoms. The maximum Gasteiger partial charge on any atom is 0.187 e. The highest BCUT2D eigenvalue weighted by Gasteiger charge is 2.38. The summed E-state index contributed by atoms with van der Waals surface area (Å²) in [4.78, 5) is 0.495. The van der Waals surface area contributed by atoms with Crippen molar-refractivity contribution in [2.45, 2.75) is 43.8 Å². The van der Waals surface area contributed by atoms with Gasteiger partial charge in [-0.1, -0.05) is 39.9 Å². The average molecular weight is 295 g/mol. The van der Waals surface area contributed by atoms with Crippen LogP contribution in [0.25, 0.3) is 10.9 Å². The van der Waals surface area contributed by atoms with Crippen LogP contribution >= 0.6 is 0 Å². The Balaban J connectivity index is 2.72. The minimum Gasteiger partial charge on any atom is -0.374 e. The summed E-state index contributed by atoms with van der Waals surface area (Å²) in [5.41, 5.74) is 1.06. The summed E-state index contributed by atoms with van der Waals surface area (Å²) in [7, 11) is -1.71. The molecular weight excluding hydrogens is 274 g/mol. The molecule has 0 amide bonds. The number of hydrogen-bond acceptors (Lipinski definition) is 1. The fourth-order valence-electron chi connectivity index (χ4n) is 2.14. The lowest BCUT2D eigenvalue weighted by Gasteiger charge is -2.38. The van der Waals surface area contributed by atoms with Crippen LogP contribution in [0, 0.1) is 0 Å². The third-order valence-electron chi connectivity index (χ3n) is 4.32. The molecule has 1 heterocycles. The van der Waals surface area contributed by atoms with Crippen molar-refractivity contribution in [1.29, 1.82) is 0 Å². The number of benzene rings is 1. The van der Waals surface area contributed by atoms with Crippen LogP contribution in [0.4, 0.5) is 0 Å². The Bertz CT molecular complexity index is 640. The third kappa shape index (κ3) is 2.30. The zero-order valence-electron chi connectivity index (χ0n) is 12.1. The van der Waals surface area contributed by atoms with Crippen molar-refractivity contribution in [3.05, 3.63) is 30.5 Å². The summed E-state index contributed by atoms with van der Waals surface area (Å²) in [6.07, 6.45) is 2.07. The van der Waals surface area contributed by atoms with Crippen LogP contribution in [0.1, 0.15) is 20.8 Å². The van der Waals surface area contributed by atoms with Crippen LogP contribution in [-0.2, 0) is 11.1 Å². The number of rotatable bonds is 2. The van der Waals surface area contributed by atoms with Gasteiger partial charge in [0.15, 0.2) is 19.3 Å². The van der Waals surface area contributed by atoms with Gasteiger partial charge in [0.25, 0.3) is 0 Å². The minimum absolute atomic E-state index is 0.216. The molecule has 104 valence electrons. The fraction of sp³-hybridized carbons (Fsp3) is 0.429. The standard InChI is InChI=1S/C14H21NO2SSi/c1-14(2,3)19(4,5)15-10-9-11-12(15)7-6-8-13(11)18(16)17/h6-10H,1-5H3,(H,16,17). The Morgan fingerprint density at radius 2 is 1.84 bits per heavy atom. The molecule has 0 bridgehead atoms. The number of aromatic nitrogens is 1. The molecule has 0 saturated carbocycles. The van der Waals surface area contributed by atoms with E-state index in [-0.39, 0.29) is 5.04 Å². The lowest BCUT2D eigenvalue weighted by molar-refractivity contribution is 0.565. The van der Waals surface area contributed by atoms with Crippen LogP contribution in [0.2, 0.25) is 18.1 Å². The predicted octanol–water partition coefficient (Wildman–Crippen LogP) is 4.08. The number of fused-ring (bicyclic) bond motifs is 1. The van der Waals surface area contributed by atoms with E-state index in [1.54, 1.807) is 6.07 Å². The molecule has 2 aromatic rings. The average Bonchev–Trinajstić information content (AvgIpc) is 2.70. The molecule has 1 unspecified atom stereocenters. The van der Waals surface area contributed by atoms with E-state index in [1.807, 2.05) is 18.2 Å². The summed E-state index contributed by atoms with van der Waals surface area (Å²) in [5.74, 6) is 0. The first-order chi connectivity index (χ1) is 8.66. The molecule has 0 fully saturated rings. The van der Waals surface area contributed by atoms with Gasteiger partial charge in [-0.25, -0.2) is 4.21 Å². The molecule has 0 aliphatic heterocycles. The van der Waals surface area contributed by atoms with E-state index in [9.17, 15) is 8.76 Å². The molecule has 19 heavy (non-hydrogen) atoms. The van der Waals surface area contributed by atoms with Gasteiger partial charge in [0.05, 0.1) is 4.90 Å². The highest BCUT2D eigenvalue weighted by atomic mass is 32.2. The van der Waals surface area contributed by atoms with Gasteiger partial charge in [-0.05, 0) is 29.4 Å². The second-order valence-electron chi connectivity index (χ2n) is 6.43. The lowest BCUT2D eigenvalue weighted by Crippen LogP contribution is -2.44. The van der Waals surface area contributed by atoms with E-state index in [0.29, 0.717) is 4.90 Å². The molecule has 1 aromatic carbocycles. The summed E-state index contributed by atoms with van der Waals surface area (Å²) in [6.45, 7) is 11.4. The summed E-state index contributed by atoms with van der Waals surface area (Å²) >= 11 is -1.94. The van der Waals surface area contributed by atoms with Gasteiger partial charge in [0.1, 0.15) is 0 Å². The topological polar surface area (TPSA) is 42.2 Å². The maximum absolute atomic E-state index is 11.4. The third-order valence-corrected chi connectivity index (χ3v) is 10.3. The number of nitrogens with zero attached hydrogens (tertiary/aromatic N) is 1. The van der Waals surface area contributed by atoms with E-state index >= 15 is 0 Å². The molecule has 1 N–H and O–H groups in total. The zero-order valence-corrected chi connectivity index (χ0v) is 13.9. The summed E-state index contributed by atoms with van der Waals surface area (Å²) in [6, 6.07) is 7.56. The zero-order chi connectivity index (χ0) is 14.4. The Kier molecular flexibility index (Phi) is 3.49. The fourth-order valence-corrected chi connectivity index (χ4v) is 4.66. The summed E-state index contributed by atoms with van der Waals surface area (Å²) < 4.78 is 23.1. The molecule has 3 nitrogen and oxygen atoms in total. The SMILES string of the molecule is CC(C)(C)[Si](C)(C)n1ccc2c(S(=O)O)cccc21. The second kappa shape index (κ2) is 4.58. The Morgan fingerprint density at radius 3 is 2.37 bits per heavy atom. The van der Waals surface area contributed by atoms with Gasteiger partial charge < -0.3 is 8.79 Å². The van der Waals surface area contributed by atoms with E-state index in [2.05, 4.69) is 44.3 Å². The van der Waals surface area contributed by atoms with E-state index < -0.39 is 19.3 Å². The quantitative estimate of drug-likeness (QED) is 0.670. The smallest absolute Gasteiger partial charge is 0.187 e. The van der Waals surface area contributed by atoms with Gasteiger partial charge >= 0.3 is 0 Å². The van der Waals surface area contributed by atoms with Crippen molar-refractivity contribution in [2.24, 2.45) is 0 Å². The first-order valence-electron chi connectivity index (χ1n) is 6.37. The van der Waals surface area contributed by atoms with Crippen molar-refractivity contribution in [1.82, 2.24) is 4.23 Å². The van der Waals surface area contributed by atoms with Gasteiger partial charge in [0.2, 0.25) is 0 Å². The normalized spacial score (nSPS) is 14.8. The van der Waals surface area contributed by atoms with Crippen LogP contribution in [0.5, 0.6) is 0 Å². The van der Waals surface area contributed by atoms with E-state index in [1.165, 1.54) is 0 Å². The van der Waals surface area contributed by atoms with Crippen molar-refractivity contribution >= 4 is 30.2 Å². The first kappa shape index (κ1) is 14.5. The monoisotopic (exact) mass is 295 g/mol. The number of hydrogen-bond donors (Lipinski definition) is 1. The van der Waals surface area contributed by atoms with Crippen LogP contribution in [-0.4, -0.2) is 21.2 Å². The minimum atomic E-state index is -1.94. The van der Waals surface area contributed by atoms with Crippen molar-refractivity contribution < 1.29 is 8.76 Å². The van der Waals surface area contributed by atoms with E-state index in [0.717, 1.165) is 10.9 Å². The molecule has 0 saturated heterocycles. The highest BCUT2D eigenvalue weighted by molar-refractivity contribution is 7.79. The van der Waals surface area contributed by atoms with Gasteiger partial charge in [-0.15, -0.1) is 0 Å². The molecule has 0 aliphatic carbocycles. The molecule has 2 rings (SSSR count). The van der Waals surface area contributed by atoms with Crippen LogP contribution in [0.15, 0.2) is 35.4 Å². The van der Waals surface area contributed by atoms with Gasteiger partial charge in [-0.2, -0.15) is 0 Å². The summed E-state index contributed by atoms with van der Waals surface area (Å²) in [5, 5.41) is 1.10. The molecule has 0 aliphatic rings. The molecule has 0 radical (unpaired) electrons.